The summed E-state index contributed by atoms with van der Waals surface area (Å²) in [6.07, 6.45) is 10.0. The van der Waals surface area contributed by atoms with Crippen LogP contribution in [0.15, 0.2) is 60.7 Å². The number of benzene rings is 1. The van der Waals surface area contributed by atoms with E-state index in [1.165, 1.54) is 10.8 Å². The first kappa shape index (κ1) is 31.4. The van der Waals surface area contributed by atoms with E-state index in [9.17, 15) is 0 Å². The Labute approximate surface area is 142 Å². The zero-order valence-electron chi connectivity index (χ0n) is 13.5. The second-order valence-electron chi connectivity index (χ2n) is 3.16. The molecule has 0 saturated heterocycles. The van der Waals surface area contributed by atoms with Gasteiger partial charge in [-0.15, -0.1) is 36.1 Å². The van der Waals surface area contributed by atoms with Crippen LogP contribution in [0.3, 0.4) is 0 Å². The third-order valence-electron chi connectivity index (χ3n) is 2.13. The van der Waals surface area contributed by atoms with Crippen LogP contribution in [0.4, 0.5) is 0 Å². The topological polar surface area (TPSA) is 0 Å². The molecule has 0 radical (unpaired) electrons. The van der Waals surface area contributed by atoms with Crippen LogP contribution in [0.5, 0.6) is 0 Å². The van der Waals surface area contributed by atoms with Crippen LogP contribution in [0, 0.1) is 43.2 Å². The van der Waals surface area contributed by atoms with Crippen LogP contribution in [-0.2, 0) is 21.7 Å². The number of hydrogen-bond donors (Lipinski definition) is 0. The van der Waals surface area contributed by atoms with E-state index < -0.39 is 0 Å². The van der Waals surface area contributed by atoms with Crippen molar-refractivity contribution in [2.45, 2.75) is 6.42 Å². The zero-order valence-corrected chi connectivity index (χ0v) is 15.0. The maximum absolute atomic E-state index is 2.99. The van der Waals surface area contributed by atoms with Gasteiger partial charge in [0, 0.05) is 21.7 Å². The van der Waals surface area contributed by atoms with Crippen molar-refractivity contribution in [2.24, 2.45) is 0 Å². The van der Waals surface area contributed by atoms with E-state index in [1.807, 2.05) is 12.2 Å². The molecule has 0 N–H and O–H groups in total. The summed E-state index contributed by atoms with van der Waals surface area (Å²) >= 11 is 0. The van der Waals surface area contributed by atoms with Gasteiger partial charge in [0.2, 0.25) is 0 Å². The minimum atomic E-state index is 0. The predicted octanol–water partition coefficient (Wildman–Crippen LogP) is 6.11. The zero-order chi connectivity index (χ0) is 9.64. The molecule has 0 spiro atoms. The third-order valence-corrected chi connectivity index (χ3v) is 2.13. The van der Waals surface area contributed by atoms with Crippen molar-refractivity contribution in [2.75, 3.05) is 0 Å². The molecule has 0 nitrogen and oxygen atoms in total. The molecule has 20 heavy (non-hydrogen) atoms. The summed E-state index contributed by atoms with van der Waals surface area (Å²) in [7, 11) is 0. The Morgan fingerprint density at radius 2 is 1.55 bits per heavy atom. The Kier molecular flexibility index (Phi) is 28.3. The Morgan fingerprint density at radius 1 is 0.900 bits per heavy atom. The van der Waals surface area contributed by atoms with Gasteiger partial charge in [-0.2, -0.15) is 23.6 Å². The van der Waals surface area contributed by atoms with Gasteiger partial charge in [-0.25, -0.2) is 12.2 Å². The Balaban J connectivity index is -0.0000000621. The second kappa shape index (κ2) is 18.0. The van der Waals surface area contributed by atoms with E-state index in [0.29, 0.717) is 0 Å². The summed E-state index contributed by atoms with van der Waals surface area (Å²) < 4.78 is 0. The van der Waals surface area contributed by atoms with Gasteiger partial charge < -0.3 is 37.1 Å². The van der Waals surface area contributed by atoms with Crippen LogP contribution in [0.1, 0.15) is 6.42 Å². The van der Waals surface area contributed by atoms with Gasteiger partial charge in [-0.1, -0.05) is 6.07 Å². The van der Waals surface area contributed by atoms with Crippen molar-refractivity contribution in [3.8, 4) is 0 Å². The van der Waals surface area contributed by atoms with E-state index in [0.717, 1.165) is 6.42 Å². The molecule has 0 heterocycles. The van der Waals surface area contributed by atoms with Crippen molar-refractivity contribution >= 4 is 10.8 Å². The van der Waals surface area contributed by atoms with Gasteiger partial charge in [0.15, 0.2) is 0 Å². The molecule has 0 fully saturated rings. The molecule has 2 aromatic rings. The van der Waals surface area contributed by atoms with E-state index in [2.05, 4.69) is 54.6 Å². The molecule has 0 saturated carbocycles. The Morgan fingerprint density at radius 3 is 2.00 bits per heavy atom. The first-order chi connectivity index (χ1) is 6.97. The molecule has 0 aromatic heterocycles. The molecular formula is C19H27Ti-7. The van der Waals surface area contributed by atoms with E-state index in [4.69, 9.17) is 0 Å². The molecule has 0 amide bonds. The van der Waals surface area contributed by atoms with Gasteiger partial charge >= 0.3 is 0 Å². The van der Waals surface area contributed by atoms with Crippen LogP contribution < -0.4 is 0 Å². The molecule has 1 heteroatoms. The minimum Gasteiger partial charge on any atom is -0.358 e. The first-order valence-corrected chi connectivity index (χ1v) is 4.79. The van der Waals surface area contributed by atoms with Crippen molar-refractivity contribution in [3.63, 3.8) is 0 Å². The molecule has 1 aliphatic carbocycles. The van der Waals surface area contributed by atoms with Gasteiger partial charge in [-0.3, -0.25) is 6.08 Å². The molecule has 3 rings (SSSR count). The van der Waals surface area contributed by atoms with E-state index in [-0.39, 0.29) is 58.9 Å². The maximum atomic E-state index is 2.99. The summed E-state index contributed by atoms with van der Waals surface area (Å²) in [6.45, 7) is 0. The van der Waals surface area contributed by atoms with Crippen molar-refractivity contribution in [1.29, 1.82) is 0 Å². The summed E-state index contributed by atoms with van der Waals surface area (Å²) in [5, 5.41) is 2.66. The Hall–Kier alpha value is -0.976. The summed E-state index contributed by atoms with van der Waals surface area (Å²) in [6, 6.07) is 14.7. The van der Waals surface area contributed by atoms with Gasteiger partial charge in [-0.05, 0) is 0 Å². The number of allylic oxidation sites excluding steroid dienone is 4. The largest absolute Gasteiger partial charge is 0.358 e. The standard InChI is InChI=1S/C9H7.C5H5.5CH3.Ti/c1-2-5-9-7-3-6-8(9)4-1;1-2-4-5-3-1;;;;;;/h1-7H;1-3H,4H2;5*1H3;/q7*-1;. The SMILES string of the molecule is [C-]1=CC=CC1.[CH3-].[CH3-].[CH3-].[CH3-].[CH3-].[Ti].c1ccc2[cH-]ccc2c1. The van der Waals surface area contributed by atoms with Crippen molar-refractivity contribution < 1.29 is 21.7 Å². The summed E-state index contributed by atoms with van der Waals surface area (Å²) in [4.78, 5) is 0. The smallest absolute Gasteiger partial charge is 0 e. The molecule has 0 unspecified atom stereocenters. The average molecular weight is 303 g/mol. The number of rotatable bonds is 0. The van der Waals surface area contributed by atoms with Gasteiger partial charge in [0.05, 0.1) is 0 Å². The second-order valence-corrected chi connectivity index (χ2v) is 3.16. The van der Waals surface area contributed by atoms with Crippen LogP contribution in [0.2, 0.25) is 0 Å². The van der Waals surface area contributed by atoms with Crippen LogP contribution in [-0.4, -0.2) is 0 Å². The third kappa shape index (κ3) is 9.89. The molecule has 2 aromatic carbocycles. The average Bonchev–Trinajstić information content (AvgIpc) is 2.92. The van der Waals surface area contributed by atoms with Crippen LogP contribution >= 0.6 is 0 Å². The monoisotopic (exact) mass is 303 g/mol. The van der Waals surface area contributed by atoms with Gasteiger partial charge in [0.25, 0.3) is 0 Å². The fourth-order valence-corrected chi connectivity index (χ4v) is 1.41. The van der Waals surface area contributed by atoms with Crippen molar-refractivity contribution in [3.05, 3.63) is 104 Å². The summed E-state index contributed by atoms with van der Waals surface area (Å²) in [5.74, 6) is 0. The fraction of sp³-hybridized carbons (Fsp3) is 0.0526. The molecular weight excluding hydrogens is 276 g/mol. The fourth-order valence-electron chi connectivity index (χ4n) is 1.41. The minimum absolute atomic E-state index is 0. The molecule has 0 bridgehead atoms. The number of hydrogen-bond acceptors (Lipinski definition) is 0. The van der Waals surface area contributed by atoms with Crippen molar-refractivity contribution in [1.82, 2.24) is 0 Å². The maximum Gasteiger partial charge on any atom is 0 e. The Bertz CT molecular complexity index is 409. The molecule has 0 atom stereocenters. The normalized spacial score (nSPS) is 9.00. The van der Waals surface area contributed by atoms with Crippen LogP contribution in [0.25, 0.3) is 10.8 Å². The summed E-state index contributed by atoms with van der Waals surface area (Å²) in [5.41, 5.74) is 0. The van der Waals surface area contributed by atoms with E-state index >= 15 is 0 Å². The van der Waals surface area contributed by atoms with E-state index in [1.54, 1.807) is 0 Å². The molecule has 0 aliphatic heterocycles. The molecule has 114 valence electrons. The first-order valence-electron chi connectivity index (χ1n) is 4.79. The quantitative estimate of drug-likeness (QED) is 0.406. The predicted molar refractivity (Wildman–Crippen MR) is 93.2 cm³/mol. The number of fused-ring (bicyclic) bond motifs is 1. The van der Waals surface area contributed by atoms with Gasteiger partial charge in [0.1, 0.15) is 0 Å². The molecule has 1 aliphatic rings.